The molecule has 6 aromatic carbocycles. The smallest absolute Gasteiger partial charge is 0.305 e. The predicted octanol–water partition coefficient (Wildman–Crippen LogP) is 4.54. The van der Waals surface area contributed by atoms with Gasteiger partial charge >= 0.3 is 5.79 Å². The Morgan fingerprint density at radius 3 is 1.74 bits per heavy atom. The molecule has 10 rings (SSSR count). The second-order valence-corrected chi connectivity index (χ2v) is 15.7. The maximum atomic E-state index is 12.5. The van der Waals surface area contributed by atoms with E-state index >= 15 is 0 Å². The number of fused-ring (bicyclic) bond motifs is 9. The van der Waals surface area contributed by atoms with E-state index in [-0.39, 0.29) is 79.7 Å². The van der Waals surface area contributed by atoms with E-state index in [0.717, 1.165) is 36.4 Å². The average molecular weight is 849 g/mol. The highest BCUT2D eigenvalue weighted by Crippen LogP contribution is 2.65. The van der Waals surface area contributed by atoms with Crippen LogP contribution in [0.2, 0.25) is 0 Å². The lowest BCUT2D eigenvalue weighted by Crippen LogP contribution is -2.57. The first kappa shape index (κ1) is 38.6. The van der Waals surface area contributed by atoms with Crippen molar-refractivity contribution in [1.82, 2.24) is 0 Å². The van der Waals surface area contributed by atoms with E-state index in [1.54, 1.807) is 0 Å². The van der Waals surface area contributed by atoms with Crippen LogP contribution in [0.5, 0.6) is 80.5 Å². The summed E-state index contributed by atoms with van der Waals surface area (Å²) in [5, 5.41) is 145. The Bertz CT molecular complexity index is 2840. The van der Waals surface area contributed by atoms with Crippen molar-refractivity contribution < 1.29 is 85.3 Å². The number of benzene rings is 6. The zero-order valence-electron chi connectivity index (χ0n) is 31.8. The Labute approximate surface area is 349 Å². The Balaban J connectivity index is 1.24. The number of aromatic hydroxyl groups is 10. The summed E-state index contributed by atoms with van der Waals surface area (Å²) in [6.07, 6.45) is -7.87. The Kier molecular flexibility index (Phi) is 8.37. The maximum absolute atomic E-state index is 12.5. The molecular formula is C45H36O17. The van der Waals surface area contributed by atoms with Crippen LogP contribution < -0.4 is 18.9 Å². The summed E-state index contributed by atoms with van der Waals surface area (Å²) in [6, 6.07) is 17.1. The van der Waals surface area contributed by atoms with E-state index in [2.05, 4.69) is 0 Å². The van der Waals surface area contributed by atoms with E-state index in [1.165, 1.54) is 48.5 Å². The molecule has 0 aromatic heterocycles. The average Bonchev–Trinajstić information content (AvgIpc) is 3.21. The molecule has 318 valence electrons. The van der Waals surface area contributed by atoms with Gasteiger partial charge in [-0.25, -0.2) is 0 Å². The maximum Gasteiger partial charge on any atom is 0.305 e. The molecule has 0 radical (unpaired) electrons. The molecule has 0 spiro atoms. The molecule has 0 fully saturated rings. The number of phenolic OH excluding ortho intramolecular Hbond substituents is 10. The van der Waals surface area contributed by atoms with Gasteiger partial charge in [0.05, 0.1) is 17.9 Å². The summed E-state index contributed by atoms with van der Waals surface area (Å²) >= 11 is 0. The number of phenols is 10. The number of aliphatic hydroxyl groups is 3. The van der Waals surface area contributed by atoms with Gasteiger partial charge in [0.1, 0.15) is 75.8 Å². The molecule has 6 aromatic rings. The fourth-order valence-corrected chi connectivity index (χ4v) is 9.27. The van der Waals surface area contributed by atoms with Crippen LogP contribution in [0.1, 0.15) is 68.6 Å². The molecule has 4 aliphatic rings. The van der Waals surface area contributed by atoms with Gasteiger partial charge in [0.25, 0.3) is 0 Å². The fraction of sp³-hybridized carbons (Fsp3) is 0.200. The molecule has 17 heteroatoms. The first-order chi connectivity index (χ1) is 29.6. The number of rotatable bonds is 4. The molecule has 0 saturated heterocycles. The second-order valence-electron chi connectivity index (χ2n) is 15.7. The number of ether oxygens (including phenoxy) is 4. The van der Waals surface area contributed by atoms with Gasteiger partial charge in [0.2, 0.25) is 0 Å². The van der Waals surface area contributed by atoms with Crippen molar-refractivity contribution in [2.24, 2.45) is 0 Å². The van der Waals surface area contributed by atoms with Crippen LogP contribution in [-0.2, 0) is 12.2 Å². The molecule has 4 aliphatic heterocycles. The third-order valence-electron chi connectivity index (χ3n) is 12.1. The van der Waals surface area contributed by atoms with Gasteiger partial charge in [-0.05, 0) is 53.6 Å². The van der Waals surface area contributed by atoms with E-state index in [4.69, 9.17) is 18.9 Å². The summed E-state index contributed by atoms with van der Waals surface area (Å²) < 4.78 is 25.8. The van der Waals surface area contributed by atoms with E-state index in [9.17, 15) is 66.4 Å². The molecule has 0 aliphatic carbocycles. The third-order valence-corrected chi connectivity index (χ3v) is 12.1. The molecular weight excluding hydrogens is 812 g/mol. The topological polar surface area (TPSA) is 300 Å². The molecule has 13 N–H and O–H groups in total. The van der Waals surface area contributed by atoms with Gasteiger partial charge in [-0.15, -0.1) is 0 Å². The molecule has 0 saturated carbocycles. The van der Waals surface area contributed by atoms with Crippen LogP contribution in [0.3, 0.4) is 0 Å². The number of hydrogen-bond donors (Lipinski definition) is 13. The van der Waals surface area contributed by atoms with Gasteiger partial charge in [0.15, 0.2) is 29.1 Å². The minimum atomic E-state index is -2.28. The number of aliphatic hydroxyl groups excluding tert-OH is 3. The second kappa shape index (κ2) is 13.5. The van der Waals surface area contributed by atoms with Crippen LogP contribution in [0.15, 0.2) is 84.9 Å². The van der Waals surface area contributed by atoms with Crippen molar-refractivity contribution >= 4 is 0 Å². The first-order valence-corrected chi connectivity index (χ1v) is 19.2. The van der Waals surface area contributed by atoms with Crippen molar-refractivity contribution in [3.8, 4) is 80.5 Å². The summed E-state index contributed by atoms with van der Waals surface area (Å²) in [7, 11) is 0. The number of hydrogen-bond acceptors (Lipinski definition) is 17. The quantitative estimate of drug-likeness (QED) is 0.108. The Morgan fingerprint density at radius 2 is 1.05 bits per heavy atom. The van der Waals surface area contributed by atoms with Crippen LogP contribution >= 0.6 is 0 Å². The van der Waals surface area contributed by atoms with Gasteiger partial charge in [-0.3, -0.25) is 0 Å². The molecule has 2 bridgehead atoms. The minimum Gasteiger partial charge on any atom is -0.508 e. The summed E-state index contributed by atoms with van der Waals surface area (Å²) in [5.74, 6) is -10.9. The normalized spacial score (nSPS) is 25.4. The Morgan fingerprint density at radius 1 is 0.452 bits per heavy atom. The van der Waals surface area contributed by atoms with E-state index in [0.29, 0.717) is 0 Å². The molecule has 0 amide bonds. The lowest BCUT2D eigenvalue weighted by molar-refractivity contribution is -0.219. The standard InChI is InChI=1S/C45H36O17/c46-19-5-1-16(2-6-19)41-39(57)37(34-28(54)14-24(50)21-13-30(56)40(59-42(21)34)17-3-7-22(48)25(51)9-17)35-29(55)15-32-36(43(35)60-41)38-33-27(53)11-20(47)12-31(33)61-45(62-32,44(38)58)18-4-8-23(49)26(52)10-18/h1-12,14-15,30,37-41,44,46-58H,13H2/t30-,37-,38-,39-,40-,41-,44-,45+/m1/s1. The van der Waals surface area contributed by atoms with Gasteiger partial charge in [-0.2, -0.15) is 0 Å². The van der Waals surface area contributed by atoms with Crippen molar-refractivity contribution in [1.29, 1.82) is 0 Å². The van der Waals surface area contributed by atoms with Crippen LogP contribution in [-0.4, -0.2) is 84.7 Å². The molecule has 62 heavy (non-hydrogen) atoms. The predicted molar refractivity (Wildman–Crippen MR) is 210 cm³/mol. The Hall–Kier alpha value is -7.60. The molecule has 8 atom stereocenters. The van der Waals surface area contributed by atoms with Crippen LogP contribution in [0, 0.1) is 0 Å². The summed E-state index contributed by atoms with van der Waals surface area (Å²) in [4.78, 5) is 0. The van der Waals surface area contributed by atoms with Crippen molar-refractivity contribution in [2.45, 2.75) is 54.6 Å². The van der Waals surface area contributed by atoms with E-state index in [1.807, 2.05) is 0 Å². The highest BCUT2D eigenvalue weighted by molar-refractivity contribution is 5.72. The highest BCUT2D eigenvalue weighted by Gasteiger charge is 2.61. The molecule has 17 nitrogen and oxygen atoms in total. The third kappa shape index (κ3) is 5.52. The van der Waals surface area contributed by atoms with Gasteiger partial charge in [-0.1, -0.05) is 18.2 Å². The van der Waals surface area contributed by atoms with Crippen molar-refractivity contribution in [3.05, 3.63) is 129 Å². The first-order valence-electron chi connectivity index (χ1n) is 19.2. The van der Waals surface area contributed by atoms with Crippen LogP contribution in [0.25, 0.3) is 0 Å². The van der Waals surface area contributed by atoms with Crippen LogP contribution in [0.4, 0.5) is 0 Å². The highest BCUT2D eigenvalue weighted by atomic mass is 16.7. The van der Waals surface area contributed by atoms with E-state index < -0.39 is 99.9 Å². The lowest BCUT2D eigenvalue weighted by atomic mass is 9.71. The fourth-order valence-electron chi connectivity index (χ4n) is 9.27. The van der Waals surface area contributed by atoms with Gasteiger partial charge < -0.3 is 85.3 Å². The monoisotopic (exact) mass is 848 g/mol. The molecule has 0 unspecified atom stereocenters. The van der Waals surface area contributed by atoms with Crippen molar-refractivity contribution in [2.75, 3.05) is 0 Å². The largest absolute Gasteiger partial charge is 0.508 e. The lowest BCUT2D eigenvalue weighted by Gasteiger charge is -2.51. The SMILES string of the molecule is Oc1ccc([C@H]2Oc3c(c(O)cc4c3[C@H]3c5c(O)cc(O)cc5O[C@@](c5ccc(O)c(O)c5)(O4)[C@@H]3O)[C@@H](c3c(O)cc(O)c4c3O[C@H](c3ccc(O)c(O)c3)[C@H](O)C4)[C@H]2O)cc1. The van der Waals surface area contributed by atoms with Gasteiger partial charge in [0, 0.05) is 64.1 Å². The minimum absolute atomic E-state index is 0.00667. The summed E-state index contributed by atoms with van der Waals surface area (Å²) in [5.41, 5.74) is -0.0338. The molecule has 4 heterocycles. The summed E-state index contributed by atoms with van der Waals surface area (Å²) in [6.45, 7) is 0. The zero-order chi connectivity index (χ0) is 43.7. The zero-order valence-corrected chi connectivity index (χ0v) is 31.8. The van der Waals surface area contributed by atoms with Crippen molar-refractivity contribution in [3.63, 3.8) is 0 Å².